The Morgan fingerprint density at radius 3 is 2.71 bits per heavy atom. The van der Waals surface area contributed by atoms with Gasteiger partial charge < -0.3 is 4.74 Å². The van der Waals surface area contributed by atoms with Crippen molar-refractivity contribution in [2.75, 3.05) is 7.11 Å². The van der Waals surface area contributed by atoms with Crippen molar-refractivity contribution in [3.8, 4) is 5.75 Å². The topological polar surface area (TPSA) is 22.1 Å². The molecule has 1 aromatic rings. The number of pyridine rings is 1. The molecule has 14 heavy (non-hydrogen) atoms. The predicted molar refractivity (Wildman–Crippen MR) is 56.7 cm³/mol. The van der Waals surface area contributed by atoms with Crippen molar-refractivity contribution < 1.29 is 4.74 Å². The van der Waals surface area contributed by atoms with Crippen LogP contribution in [0.3, 0.4) is 0 Å². The van der Waals surface area contributed by atoms with E-state index in [1.54, 1.807) is 7.11 Å². The molecule has 2 heteroatoms. The van der Waals surface area contributed by atoms with Gasteiger partial charge in [-0.2, -0.15) is 0 Å². The normalized spacial score (nSPS) is 16.6. The lowest BCUT2D eigenvalue weighted by Gasteiger charge is -2.13. The van der Waals surface area contributed by atoms with E-state index < -0.39 is 0 Å². The number of aromatic nitrogens is 1. The van der Waals surface area contributed by atoms with E-state index in [0.29, 0.717) is 0 Å². The minimum atomic E-state index is 0.893. The fraction of sp³-hybridized carbons (Fsp3) is 0.583. The van der Waals surface area contributed by atoms with E-state index in [1.807, 2.05) is 6.20 Å². The number of hydrogen-bond donors (Lipinski definition) is 0. The van der Waals surface area contributed by atoms with Crippen molar-refractivity contribution in [2.45, 2.75) is 38.5 Å². The molecule has 0 radical (unpaired) electrons. The Balaban J connectivity index is 2.26. The van der Waals surface area contributed by atoms with E-state index in [2.05, 4.69) is 11.1 Å². The Hall–Kier alpha value is -1.05. The maximum atomic E-state index is 5.19. The molecule has 76 valence electrons. The summed E-state index contributed by atoms with van der Waals surface area (Å²) in [7, 11) is 1.70. The molecule has 1 heterocycles. The third kappa shape index (κ3) is 2.06. The monoisotopic (exact) mass is 191 g/mol. The van der Waals surface area contributed by atoms with Gasteiger partial charge in [0.05, 0.1) is 13.3 Å². The lowest BCUT2D eigenvalue weighted by molar-refractivity contribution is 0.411. The summed E-state index contributed by atoms with van der Waals surface area (Å²) in [5, 5.41) is 0. The Morgan fingerprint density at radius 2 is 1.93 bits per heavy atom. The van der Waals surface area contributed by atoms with Crippen LogP contribution in [0, 0.1) is 0 Å². The zero-order valence-electron chi connectivity index (χ0n) is 8.75. The first-order valence-electron chi connectivity index (χ1n) is 5.42. The Kier molecular flexibility index (Phi) is 3.02. The van der Waals surface area contributed by atoms with Crippen molar-refractivity contribution >= 4 is 0 Å². The van der Waals surface area contributed by atoms with Gasteiger partial charge in [0, 0.05) is 5.69 Å². The summed E-state index contributed by atoms with van der Waals surface area (Å²) in [6.07, 6.45) is 9.43. The van der Waals surface area contributed by atoms with Crippen LogP contribution in [0.15, 0.2) is 12.3 Å². The molecule has 2 rings (SSSR count). The molecule has 0 atom stereocenters. The first-order chi connectivity index (χ1) is 6.90. The molecule has 0 unspecified atom stereocenters. The maximum Gasteiger partial charge on any atom is 0.137 e. The van der Waals surface area contributed by atoms with Gasteiger partial charge in [-0.15, -0.1) is 0 Å². The molecule has 0 fully saturated rings. The zero-order chi connectivity index (χ0) is 9.80. The molecule has 2 nitrogen and oxygen atoms in total. The van der Waals surface area contributed by atoms with Gasteiger partial charge in [-0.05, 0) is 37.3 Å². The molecule has 0 bridgehead atoms. The van der Waals surface area contributed by atoms with Crippen LogP contribution in [0.4, 0.5) is 0 Å². The maximum absolute atomic E-state index is 5.19. The van der Waals surface area contributed by atoms with E-state index in [-0.39, 0.29) is 0 Å². The average molecular weight is 191 g/mol. The minimum Gasteiger partial charge on any atom is -0.495 e. The van der Waals surface area contributed by atoms with Crippen molar-refractivity contribution in [1.82, 2.24) is 4.98 Å². The summed E-state index contributed by atoms with van der Waals surface area (Å²) in [5.74, 6) is 0.893. The van der Waals surface area contributed by atoms with Gasteiger partial charge in [-0.25, -0.2) is 0 Å². The molecule has 0 N–H and O–H groups in total. The molecule has 0 saturated carbocycles. The summed E-state index contributed by atoms with van der Waals surface area (Å²) in [6, 6.07) is 2.15. The van der Waals surface area contributed by atoms with Gasteiger partial charge >= 0.3 is 0 Å². The highest BCUT2D eigenvalue weighted by atomic mass is 16.5. The van der Waals surface area contributed by atoms with Gasteiger partial charge in [-0.1, -0.05) is 12.8 Å². The van der Waals surface area contributed by atoms with Crippen LogP contribution in [0.25, 0.3) is 0 Å². The molecule has 0 amide bonds. The lowest BCUT2D eigenvalue weighted by Crippen LogP contribution is -2.02. The standard InChI is InChI=1S/C12H17NO/c1-14-11-8-10-6-4-2-3-5-7-12(10)13-9-11/h8-9H,2-7H2,1H3. The van der Waals surface area contributed by atoms with Crippen LogP contribution >= 0.6 is 0 Å². The highest BCUT2D eigenvalue weighted by Gasteiger charge is 2.08. The molecule has 0 spiro atoms. The fourth-order valence-electron chi connectivity index (χ4n) is 2.03. The number of methoxy groups -OCH3 is 1. The van der Waals surface area contributed by atoms with Crippen molar-refractivity contribution in [3.63, 3.8) is 0 Å². The number of rotatable bonds is 1. The van der Waals surface area contributed by atoms with Crippen molar-refractivity contribution in [1.29, 1.82) is 0 Å². The number of aryl methyl sites for hydroxylation is 2. The number of nitrogens with zero attached hydrogens (tertiary/aromatic N) is 1. The van der Waals surface area contributed by atoms with Crippen molar-refractivity contribution in [2.24, 2.45) is 0 Å². The van der Waals surface area contributed by atoms with Gasteiger partial charge in [0.15, 0.2) is 0 Å². The van der Waals surface area contributed by atoms with Crippen LogP contribution in [-0.2, 0) is 12.8 Å². The molecule has 1 aliphatic carbocycles. The smallest absolute Gasteiger partial charge is 0.137 e. The SMILES string of the molecule is COc1cnc2c(c1)CCCCCC2. The van der Waals surface area contributed by atoms with E-state index in [4.69, 9.17) is 4.74 Å². The predicted octanol–water partition coefficient (Wildman–Crippen LogP) is 2.75. The summed E-state index contributed by atoms with van der Waals surface area (Å²) in [5.41, 5.74) is 2.68. The number of fused-ring (bicyclic) bond motifs is 1. The lowest BCUT2D eigenvalue weighted by atomic mass is 9.97. The van der Waals surface area contributed by atoms with Crippen LogP contribution in [0.5, 0.6) is 5.75 Å². The number of hydrogen-bond acceptors (Lipinski definition) is 2. The second-order valence-electron chi connectivity index (χ2n) is 3.90. The van der Waals surface area contributed by atoms with Gasteiger partial charge in [0.2, 0.25) is 0 Å². The Morgan fingerprint density at radius 1 is 1.14 bits per heavy atom. The summed E-state index contributed by atoms with van der Waals surface area (Å²) >= 11 is 0. The van der Waals surface area contributed by atoms with Crippen LogP contribution in [-0.4, -0.2) is 12.1 Å². The van der Waals surface area contributed by atoms with Crippen LogP contribution in [0.1, 0.15) is 36.9 Å². The van der Waals surface area contributed by atoms with E-state index >= 15 is 0 Å². The van der Waals surface area contributed by atoms with Gasteiger partial charge in [0.1, 0.15) is 5.75 Å². The zero-order valence-corrected chi connectivity index (χ0v) is 8.75. The second kappa shape index (κ2) is 4.45. The molecular formula is C12H17NO. The third-order valence-electron chi connectivity index (χ3n) is 2.88. The minimum absolute atomic E-state index is 0.893. The molecular weight excluding hydrogens is 174 g/mol. The van der Waals surface area contributed by atoms with Gasteiger partial charge in [-0.3, -0.25) is 4.98 Å². The molecule has 0 aromatic carbocycles. The highest BCUT2D eigenvalue weighted by Crippen LogP contribution is 2.21. The van der Waals surface area contributed by atoms with Crippen molar-refractivity contribution in [3.05, 3.63) is 23.5 Å². The molecule has 1 aliphatic rings. The van der Waals surface area contributed by atoms with E-state index in [9.17, 15) is 0 Å². The number of ether oxygens (including phenoxy) is 1. The van der Waals surface area contributed by atoms with Crippen LogP contribution in [0.2, 0.25) is 0 Å². The Labute approximate surface area is 85.3 Å². The molecule has 0 aliphatic heterocycles. The fourth-order valence-corrected chi connectivity index (χ4v) is 2.03. The van der Waals surface area contributed by atoms with Crippen LogP contribution < -0.4 is 4.74 Å². The average Bonchev–Trinajstić information content (AvgIpc) is 2.18. The summed E-state index contributed by atoms with van der Waals surface area (Å²) in [4.78, 5) is 4.47. The van der Waals surface area contributed by atoms with Gasteiger partial charge in [0.25, 0.3) is 0 Å². The van der Waals surface area contributed by atoms with E-state index in [0.717, 1.165) is 12.2 Å². The largest absolute Gasteiger partial charge is 0.495 e. The first kappa shape index (κ1) is 9.50. The molecule has 0 saturated heterocycles. The Bertz CT molecular complexity index is 309. The second-order valence-corrected chi connectivity index (χ2v) is 3.90. The highest BCUT2D eigenvalue weighted by molar-refractivity contribution is 5.30. The third-order valence-corrected chi connectivity index (χ3v) is 2.88. The van der Waals surface area contributed by atoms with E-state index in [1.165, 1.54) is 43.4 Å². The quantitative estimate of drug-likeness (QED) is 0.681. The molecule has 1 aromatic heterocycles. The summed E-state index contributed by atoms with van der Waals surface area (Å²) in [6.45, 7) is 0. The summed E-state index contributed by atoms with van der Waals surface area (Å²) < 4.78 is 5.19. The first-order valence-corrected chi connectivity index (χ1v) is 5.42.